The first-order valence-corrected chi connectivity index (χ1v) is 7.62. The maximum absolute atomic E-state index is 5.60. The molecular formula is C12H12N4O2S2. The number of hydrogen-bond donors (Lipinski definition) is 0. The number of hydrogen-bond acceptors (Lipinski definition) is 8. The van der Waals surface area contributed by atoms with E-state index >= 15 is 0 Å². The van der Waals surface area contributed by atoms with Gasteiger partial charge in [0.05, 0.1) is 11.8 Å². The first-order chi connectivity index (χ1) is 9.63. The van der Waals surface area contributed by atoms with Gasteiger partial charge in [-0.1, -0.05) is 13.8 Å². The van der Waals surface area contributed by atoms with Crippen molar-refractivity contribution in [2.24, 2.45) is 0 Å². The highest BCUT2D eigenvalue weighted by Crippen LogP contribution is 2.32. The van der Waals surface area contributed by atoms with Crippen LogP contribution in [0.5, 0.6) is 0 Å². The molecule has 8 heteroatoms. The molecule has 3 rings (SSSR count). The van der Waals surface area contributed by atoms with Crippen molar-refractivity contribution in [2.45, 2.75) is 36.3 Å². The summed E-state index contributed by atoms with van der Waals surface area (Å²) in [7, 11) is 0. The lowest BCUT2D eigenvalue weighted by Crippen LogP contribution is -1.88. The zero-order chi connectivity index (χ0) is 14.1. The Morgan fingerprint density at radius 2 is 2.15 bits per heavy atom. The fourth-order valence-corrected chi connectivity index (χ4v) is 3.06. The molecule has 3 aromatic rings. The summed E-state index contributed by atoms with van der Waals surface area (Å²) in [4.78, 5) is 4.42. The highest BCUT2D eigenvalue weighted by atomic mass is 32.2. The summed E-state index contributed by atoms with van der Waals surface area (Å²) >= 11 is 2.66. The van der Waals surface area contributed by atoms with Crippen molar-refractivity contribution in [1.82, 2.24) is 19.6 Å². The molecule has 0 aliphatic carbocycles. The van der Waals surface area contributed by atoms with Gasteiger partial charge in [0.25, 0.3) is 11.1 Å². The second-order valence-electron chi connectivity index (χ2n) is 4.44. The van der Waals surface area contributed by atoms with Crippen molar-refractivity contribution in [3.8, 4) is 11.5 Å². The first-order valence-electron chi connectivity index (χ1n) is 6.03. The summed E-state index contributed by atoms with van der Waals surface area (Å²) in [6, 6.07) is 1.80. The summed E-state index contributed by atoms with van der Waals surface area (Å²) in [5, 5.41) is 8.47. The van der Waals surface area contributed by atoms with Crippen molar-refractivity contribution in [2.75, 3.05) is 0 Å². The minimum absolute atomic E-state index is 0.312. The van der Waals surface area contributed by atoms with Gasteiger partial charge in [-0.05, 0) is 24.5 Å². The molecule has 0 amide bonds. The Balaban J connectivity index is 1.78. The third-order valence-electron chi connectivity index (χ3n) is 2.61. The highest BCUT2D eigenvalue weighted by molar-refractivity contribution is 8.00. The van der Waals surface area contributed by atoms with E-state index in [0.29, 0.717) is 17.0 Å². The normalized spacial score (nSPS) is 11.4. The van der Waals surface area contributed by atoms with E-state index < -0.39 is 0 Å². The molecule has 0 saturated carbocycles. The average Bonchev–Trinajstić information content (AvgIpc) is 3.10. The summed E-state index contributed by atoms with van der Waals surface area (Å²) < 4.78 is 15.9. The minimum Gasteiger partial charge on any atom is -0.469 e. The van der Waals surface area contributed by atoms with Gasteiger partial charge in [-0.25, -0.2) is 4.98 Å². The van der Waals surface area contributed by atoms with Gasteiger partial charge in [0, 0.05) is 17.7 Å². The van der Waals surface area contributed by atoms with Crippen LogP contribution in [0.25, 0.3) is 11.5 Å². The van der Waals surface area contributed by atoms with Crippen LogP contribution >= 0.6 is 23.3 Å². The lowest BCUT2D eigenvalue weighted by Gasteiger charge is -1.93. The number of nitrogens with zero attached hydrogens (tertiary/aromatic N) is 4. The average molecular weight is 308 g/mol. The Morgan fingerprint density at radius 1 is 1.30 bits per heavy atom. The lowest BCUT2D eigenvalue weighted by molar-refractivity contribution is 0.463. The SMILES string of the molecule is Cc1occc1-c1nnc(Sc2nc(C(C)C)ns2)o1. The van der Waals surface area contributed by atoms with Crippen LogP contribution in [-0.2, 0) is 0 Å². The number of aromatic nitrogens is 4. The lowest BCUT2D eigenvalue weighted by atomic mass is 10.2. The standard InChI is InChI=1S/C12H12N4O2S2/c1-6(2)9-13-12(20-16-9)19-11-15-14-10(18-11)8-4-5-17-7(8)3/h4-6H,1-3H3. The second-order valence-corrected chi connectivity index (χ2v) is 6.39. The minimum atomic E-state index is 0.312. The van der Waals surface area contributed by atoms with E-state index in [1.807, 2.05) is 6.92 Å². The zero-order valence-electron chi connectivity index (χ0n) is 11.2. The highest BCUT2D eigenvalue weighted by Gasteiger charge is 2.16. The predicted octanol–water partition coefficient (Wildman–Crippen LogP) is 3.76. The van der Waals surface area contributed by atoms with Gasteiger partial charge in [-0.2, -0.15) is 4.37 Å². The Kier molecular flexibility index (Phi) is 3.58. The van der Waals surface area contributed by atoms with Gasteiger partial charge in [0.1, 0.15) is 11.6 Å². The Hall–Kier alpha value is -1.67. The van der Waals surface area contributed by atoms with Crippen molar-refractivity contribution in [1.29, 1.82) is 0 Å². The monoisotopic (exact) mass is 308 g/mol. The fraction of sp³-hybridized carbons (Fsp3) is 0.333. The molecule has 20 heavy (non-hydrogen) atoms. The van der Waals surface area contributed by atoms with Gasteiger partial charge >= 0.3 is 0 Å². The summed E-state index contributed by atoms with van der Waals surface area (Å²) in [6.45, 7) is 5.97. The second kappa shape index (κ2) is 5.37. The summed E-state index contributed by atoms with van der Waals surface area (Å²) in [6.07, 6.45) is 1.60. The van der Waals surface area contributed by atoms with Crippen molar-refractivity contribution in [3.63, 3.8) is 0 Å². The smallest absolute Gasteiger partial charge is 0.284 e. The molecule has 0 aromatic carbocycles. The van der Waals surface area contributed by atoms with Crippen LogP contribution in [0.15, 0.2) is 30.7 Å². The quantitative estimate of drug-likeness (QED) is 0.726. The number of rotatable bonds is 4. The molecule has 0 fully saturated rings. The van der Waals surface area contributed by atoms with E-state index in [9.17, 15) is 0 Å². The topological polar surface area (TPSA) is 77.8 Å². The summed E-state index contributed by atoms with van der Waals surface area (Å²) in [5.74, 6) is 2.35. The Morgan fingerprint density at radius 3 is 2.80 bits per heavy atom. The molecule has 0 bridgehead atoms. The third kappa shape index (κ3) is 2.61. The van der Waals surface area contributed by atoms with E-state index in [0.717, 1.165) is 21.5 Å². The van der Waals surface area contributed by atoms with Crippen LogP contribution < -0.4 is 0 Å². The molecular weight excluding hydrogens is 296 g/mol. The summed E-state index contributed by atoms with van der Waals surface area (Å²) in [5.41, 5.74) is 0.810. The maximum Gasteiger partial charge on any atom is 0.284 e. The van der Waals surface area contributed by atoms with Crippen molar-refractivity contribution in [3.05, 3.63) is 23.9 Å². The van der Waals surface area contributed by atoms with Crippen molar-refractivity contribution < 1.29 is 8.83 Å². The molecule has 0 N–H and O–H groups in total. The van der Waals surface area contributed by atoms with Gasteiger partial charge in [0.15, 0.2) is 4.34 Å². The van der Waals surface area contributed by atoms with Gasteiger partial charge in [0.2, 0.25) is 0 Å². The molecule has 6 nitrogen and oxygen atoms in total. The first kappa shape index (κ1) is 13.3. The molecule has 0 spiro atoms. The van der Waals surface area contributed by atoms with E-state index in [4.69, 9.17) is 8.83 Å². The predicted molar refractivity (Wildman–Crippen MR) is 74.9 cm³/mol. The van der Waals surface area contributed by atoms with Crippen LogP contribution in [0.2, 0.25) is 0 Å². The maximum atomic E-state index is 5.60. The fourth-order valence-electron chi connectivity index (χ4n) is 1.54. The largest absolute Gasteiger partial charge is 0.469 e. The molecule has 3 heterocycles. The molecule has 0 unspecified atom stereocenters. The van der Waals surface area contributed by atoms with E-state index in [-0.39, 0.29) is 0 Å². The van der Waals surface area contributed by atoms with Gasteiger partial charge in [-0.15, -0.1) is 10.2 Å². The van der Waals surface area contributed by atoms with E-state index in [1.54, 1.807) is 12.3 Å². The van der Waals surface area contributed by atoms with Gasteiger partial charge in [-0.3, -0.25) is 0 Å². The van der Waals surface area contributed by atoms with Crippen LogP contribution in [0.3, 0.4) is 0 Å². The molecule has 104 valence electrons. The Labute approximate surface area is 123 Å². The van der Waals surface area contributed by atoms with Crippen LogP contribution in [-0.4, -0.2) is 19.6 Å². The molecule has 0 saturated heterocycles. The van der Waals surface area contributed by atoms with Crippen LogP contribution in [0.4, 0.5) is 0 Å². The third-order valence-corrected chi connectivity index (χ3v) is 4.21. The molecule has 0 aliphatic rings. The molecule has 0 aliphatic heterocycles. The van der Waals surface area contributed by atoms with E-state index in [1.165, 1.54) is 23.3 Å². The molecule has 0 radical (unpaired) electrons. The van der Waals surface area contributed by atoms with Gasteiger partial charge < -0.3 is 8.83 Å². The molecule has 3 aromatic heterocycles. The number of aryl methyl sites for hydroxylation is 1. The van der Waals surface area contributed by atoms with Crippen LogP contribution in [0.1, 0.15) is 31.4 Å². The van der Waals surface area contributed by atoms with Crippen LogP contribution in [0, 0.1) is 6.92 Å². The number of furan rings is 1. The zero-order valence-corrected chi connectivity index (χ0v) is 12.8. The molecule has 0 atom stereocenters. The van der Waals surface area contributed by atoms with E-state index in [2.05, 4.69) is 33.4 Å². The Bertz CT molecular complexity index is 716. The van der Waals surface area contributed by atoms with Crippen molar-refractivity contribution >= 4 is 23.3 Å².